The average Bonchev–Trinajstić information content (AvgIpc) is 3.59. The highest BCUT2D eigenvalue weighted by atomic mass is 19.1. The van der Waals surface area contributed by atoms with Gasteiger partial charge in [0.1, 0.15) is 41.4 Å². The lowest BCUT2D eigenvalue weighted by Gasteiger charge is -2.30. The van der Waals surface area contributed by atoms with Crippen LogP contribution in [0, 0.1) is 23.5 Å². The van der Waals surface area contributed by atoms with Gasteiger partial charge in [-0.25, -0.2) is 13.2 Å². The molecule has 4 atom stereocenters. The number of fused-ring (bicyclic) bond motifs is 3. The molecule has 2 aliphatic heterocycles. The molecule has 0 radical (unpaired) electrons. The van der Waals surface area contributed by atoms with E-state index < -0.39 is 35.2 Å². The number of anilines is 1. The summed E-state index contributed by atoms with van der Waals surface area (Å²) >= 11 is 0. The van der Waals surface area contributed by atoms with Gasteiger partial charge in [-0.05, 0) is 72.7 Å². The number of aromatic hydroxyl groups is 1. The van der Waals surface area contributed by atoms with E-state index in [4.69, 9.17) is 4.74 Å². The number of carboxylic acids is 1. The van der Waals surface area contributed by atoms with E-state index in [0.717, 1.165) is 19.4 Å². The molecule has 3 fully saturated rings. The number of hydrogen-bond donors (Lipinski definition) is 3. The van der Waals surface area contributed by atoms with Gasteiger partial charge in [0.2, 0.25) is 0 Å². The molecule has 2 aromatic heterocycles. The Kier molecular flexibility index (Phi) is 6.99. The molecule has 3 aliphatic rings. The first-order valence-electron chi connectivity index (χ1n) is 15.0. The Labute approximate surface area is 251 Å². The summed E-state index contributed by atoms with van der Waals surface area (Å²) in [6.07, 6.45) is 3.35. The predicted octanol–water partition coefficient (Wildman–Crippen LogP) is 5.48. The number of carboxylic acid groups (broad SMARTS) is 1. The fourth-order valence-electron chi connectivity index (χ4n) is 7.11. The molecule has 0 unspecified atom stereocenters. The SMILES string of the molecule is CCc1c(F)ccc2cc(O)cc(-c3ncc4c(NC[C@@H]5C[C@H]5C(=O)O)nc(OC[C@@]56CCCN5C[C@H](F)C6)nc4c3F)c12. The Morgan fingerprint density at radius 1 is 1.25 bits per heavy atom. The van der Waals surface area contributed by atoms with Crippen molar-refractivity contribution in [2.24, 2.45) is 11.8 Å². The Bertz CT molecular complexity index is 1810. The van der Waals surface area contributed by atoms with Crippen molar-refractivity contribution in [3.8, 4) is 23.0 Å². The number of aliphatic carboxylic acids is 1. The molecule has 4 heterocycles. The zero-order valence-electron chi connectivity index (χ0n) is 24.1. The lowest BCUT2D eigenvalue weighted by molar-refractivity contribution is -0.138. The standard InChI is InChI=1S/C32H32F3N5O4/c1-2-20-24(34)5-4-16-8-19(41)10-22(25(16)20)27-26(35)28-23(13-36-27)29(37-12-17-9-21(17)30(42)43)39-31(38-28)44-15-32-6-3-7-40(32)14-18(33)11-32/h4-5,8,10,13,17-18,21,41H,2-3,6-7,9,11-12,14-15H2,1H3,(H,42,43)(H,37,38,39)/t17-,18+,21+,32-/m0/s1. The van der Waals surface area contributed by atoms with Crippen LogP contribution in [-0.4, -0.2) is 74.0 Å². The summed E-state index contributed by atoms with van der Waals surface area (Å²) in [4.78, 5) is 26.8. The van der Waals surface area contributed by atoms with E-state index in [1.165, 1.54) is 30.5 Å². The topological polar surface area (TPSA) is 121 Å². The van der Waals surface area contributed by atoms with Crippen LogP contribution in [0.2, 0.25) is 0 Å². The molecule has 9 nitrogen and oxygen atoms in total. The molecular formula is C32H32F3N5O4. The molecule has 2 aromatic carbocycles. The smallest absolute Gasteiger partial charge is 0.319 e. The summed E-state index contributed by atoms with van der Waals surface area (Å²) in [6, 6.07) is 5.59. The number of pyridine rings is 1. The number of halogens is 3. The molecule has 0 amide bonds. The maximum atomic E-state index is 16.5. The van der Waals surface area contributed by atoms with Gasteiger partial charge in [0.15, 0.2) is 5.82 Å². The number of hydrogen-bond acceptors (Lipinski definition) is 8. The molecule has 0 bridgehead atoms. The van der Waals surface area contributed by atoms with E-state index in [2.05, 4.69) is 25.2 Å². The van der Waals surface area contributed by atoms with Crippen LogP contribution in [0.1, 0.15) is 38.2 Å². The van der Waals surface area contributed by atoms with Crippen LogP contribution in [0.4, 0.5) is 19.0 Å². The molecule has 3 N–H and O–H groups in total. The quantitative estimate of drug-likeness (QED) is 0.227. The minimum absolute atomic E-state index is 0.102. The van der Waals surface area contributed by atoms with E-state index in [-0.39, 0.29) is 52.3 Å². The number of carbonyl (C=O) groups is 1. The number of phenolic OH excluding ortho intramolecular Hbond substituents is 1. The number of ether oxygens (including phenoxy) is 1. The molecule has 12 heteroatoms. The molecule has 0 spiro atoms. The maximum Gasteiger partial charge on any atom is 0.319 e. The van der Waals surface area contributed by atoms with E-state index in [1.807, 2.05) is 0 Å². The third kappa shape index (κ3) is 4.85. The van der Waals surface area contributed by atoms with Crippen molar-refractivity contribution in [3.05, 3.63) is 47.7 Å². The zero-order chi connectivity index (χ0) is 30.7. The first kappa shape index (κ1) is 28.6. The number of alkyl halides is 1. The first-order chi connectivity index (χ1) is 21.2. The number of phenols is 1. The van der Waals surface area contributed by atoms with Crippen LogP contribution in [0.15, 0.2) is 30.5 Å². The Balaban J connectivity index is 1.32. The average molecular weight is 608 g/mol. The molecule has 2 saturated heterocycles. The first-order valence-corrected chi connectivity index (χ1v) is 15.0. The number of aryl methyl sites for hydroxylation is 1. The maximum absolute atomic E-state index is 16.5. The van der Waals surface area contributed by atoms with Crippen LogP contribution in [0.5, 0.6) is 11.8 Å². The van der Waals surface area contributed by atoms with Gasteiger partial charge >= 0.3 is 12.0 Å². The van der Waals surface area contributed by atoms with Gasteiger partial charge in [0.05, 0.1) is 16.8 Å². The molecule has 7 rings (SSSR count). The predicted molar refractivity (Wildman–Crippen MR) is 158 cm³/mol. The van der Waals surface area contributed by atoms with Crippen LogP contribution >= 0.6 is 0 Å². The van der Waals surface area contributed by atoms with Crippen molar-refractivity contribution in [2.75, 3.05) is 31.6 Å². The third-order valence-corrected chi connectivity index (χ3v) is 9.43. The molecule has 230 valence electrons. The van der Waals surface area contributed by atoms with Crippen LogP contribution in [0.25, 0.3) is 32.9 Å². The van der Waals surface area contributed by atoms with Crippen molar-refractivity contribution in [1.29, 1.82) is 0 Å². The lowest BCUT2D eigenvalue weighted by Crippen LogP contribution is -2.43. The molecule has 1 aliphatic carbocycles. The summed E-state index contributed by atoms with van der Waals surface area (Å²) in [5.74, 6) is -2.58. The van der Waals surface area contributed by atoms with E-state index in [1.54, 1.807) is 6.92 Å². The monoisotopic (exact) mass is 607 g/mol. The normalized spacial score (nSPS) is 24.6. The minimum atomic E-state index is -0.949. The van der Waals surface area contributed by atoms with Crippen molar-refractivity contribution in [3.63, 3.8) is 0 Å². The number of nitrogens with one attached hydrogen (secondary N) is 1. The number of benzene rings is 2. The lowest BCUT2D eigenvalue weighted by atomic mass is 9.94. The highest BCUT2D eigenvalue weighted by Crippen LogP contribution is 2.42. The van der Waals surface area contributed by atoms with Gasteiger partial charge in [-0.15, -0.1) is 0 Å². The molecule has 4 aromatic rings. The van der Waals surface area contributed by atoms with Crippen molar-refractivity contribution in [1.82, 2.24) is 19.9 Å². The Hall–Kier alpha value is -4.19. The second-order valence-electron chi connectivity index (χ2n) is 12.2. The second-order valence-corrected chi connectivity index (χ2v) is 12.2. The van der Waals surface area contributed by atoms with Crippen LogP contribution in [-0.2, 0) is 11.2 Å². The van der Waals surface area contributed by atoms with E-state index in [0.29, 0.717) is 48.7 Å². The van der Waals surface area contributed by atoms with Crippen molar-refractivity contribution < 1.29 is 32.9 Å². The van der Waals surface area contributed by atoms with Gasteiger partial charge in [0.25, 0.3) is 0 Å². The van der Waals surface area contributed by atoms with Gasteiger partial charge in [-0.3, -0.25) is 14.7 Å². The highest BCUT2D eigenvalue weighted by molar-refractivity contribution is 6.01. The van der Waals surface area contributed by atoms with Gasteiger partial charge < -0.3 is 20.3 Å². The Morgan fingerprint density at radius 2 is 2.09 bits per heavy atom. The summed E-state index contributed by atoms with van der Waals surface area (Å²) < 4.78 is 51.8. The number of nitrogens with zero attached hydrogens (tertiary/aromatic N) is 4. The third-order valence-electron chi connectivity index (χ3n) is 9.43. The fourth-order valence-corrected chi connectivity index (χ4v) is 7.11. The Morgan fingerprint density at radius 3 is 2.86 bits per heavy atom. The molecule has 44 heavy (non-hydrogen) atoms. The van der Waals surface area contributed by atoms with Crippen LogP contribution in [0.3, 0.4) is 0 Å². The summed E-state index contributed by atoms with van der Waals surface area (Å²) in [5, 5.41) is 24.2. The van der Waals surface area contributed by atoms with Gasteiger partial charge in [0, 0.05) is 31.3 Å². The van der Waals surface area contributed by atoms with Gasteiger partial charge in [-0.2, -0.15) is 9.97 Å². The highest BCUT2D eigenvalue weighted by Gasteiger charge is 2.49. The zero-order valence-corrected chi connectivity index (χ0v) is 24.1. The second kappa shape index (κ2) is 10.8. The molecule has 1 saturated carbocycles. The molecular weight excluding hydrogens is 575 g/mol. The summed E-state index contributed by atoms with van der Waals surface area (Å²) in [7, 11) is 0. The largest absolute Gasteiger partial charge is 0.508 e. The van der Waals surface area contributed by atoms with Crippen molar-refractivity contribution in [2.45, 2.75) is 50.7 Å². The number of rotatable bonds is 9. The fraction of sp³-hybridized carbons (Fsp3) is 0.438. The van der Waals surface area contributed by atoms with E-state index in [9.17, 15) is 23.8 Å². The number of aromatic nitrogens is 3. The van der Waals surface area contributed by atoms with Crippen molar-refractivity contribution >= 4 is 33.5 Å². The van der Waals surface area contributed by atoms with Crippen LogP contribution < -0.4 is 10.1 Å². The minimum Gasteiger partial charge on any atom is -0.508 e. The van der Waals surface area contributed by atoms with Gasteiger partial charge in [-0.1, -0.05) is 13.0 Å². The van der Waals surface area contributed by atoms with E-state index >= 15 is 4.39 Å². The summed E-state index contributed by atoms with van der Waals surface area (Å²) in [6.45, 7) is 3.36. The summed E-state index contributed by atoms with van der Waals surface area (Å²) in [5.41, 5.74) is -0.118.